The summed E-state index contributed by atoms with van der Waals surface area (Å²) in [5.41, 5.74) is 1.80. The lowest BCUT2D eigenvalue weighted by Crippen LogP contribution is -2.58. The summed E-state index contributed by atoms with van der Waals surface area (Å²) in [5, 5.41) is 0. The monoisotopic (exact) mass is 483 g/mol. The maximum atomic E-state index is 14.2. The molecule has 1 amide bonds. The van der Waals surface area contributed by atoms with E-state index < -0.39 is 0 Å². The first kappa shape index (κ1) is 23.8. The van der Waals surface area contributed by atoms with Crippen molar-refractivity contribution in [3.05, 3.63) is 36.5 Å². The smallest absolute Gasteiger partial charge is 0.409 e. The van der Waals surface area contributed by atoms with Gasteiger partial charge in [0.05, 0.1) is 25.6 Å². The van der Waals surface area contributed by atoms with E-state index in [1.807, 2.05) is 24.8 Å². The molecule has 2 saturated heterocycles. The Morgan fingerprint density at radius 1 is 1.11 bits per heavy atom. The molecule has 4 heterocycles. The SMILES string of the molecule is CCOC(=O)N1CC2(CC[C@@H](N3CCN(c4ncc(F)cc4-c4cncc(OCC)c4)CC3)C2)C1. The molecule has 0 N–H and O–H groups in total. The van der Waals surface area contributed by atoms with E-state index in [0.717, 1.165) is 62.6 Å². The molecule has 9 heteroatoms. The first-order valence-corrected chi connectivity index (χ1v) is 12.6. The van der Waals surface area contributed by atoms with Crippen molar-refractivity contribution in [2.45, 2.75) is 39.2 Å². The van der Waals surface area contributed by atoms with Crippen molar-refractivity contribution >= 4 is 11.9 Å². The first-order chi connectivity index (χ1) is 17.0. The average Bonchev–Trinajstić information content (AvgIpc) is 3.30. The molecule has 0 aromatic carbocycles. The summed E-state index contributed by atoms with van der Waals surface area (Å²) in [4.78, 5) is 27.4. The molecular weight excluding hydrogens is 449 g/mol. The number of halogens is 1. The van der Waals surface area contributed by atoms with Crippen molar-refractivity contribution in [3.63, 3.8) is 0 Å². The predicted molar refractivity (Wildman–Crippen MR) is 131 cm³/mol. The zero-order chi connectivity index (χ0) is 24.4. The molecule has 1 aliphatic carbocycles. The molecule has 3 fully saturated rings. The van der Waals surface area contributed by atoms with Crippen LogP contribution in [-0.2, 0) is 4.74 Å². The molecule has 2 aliphatic heterocycles. The standard InChI is InChI=1S/C26H34FN5O3/c1-3-34-22-11-19(14-28-16-22)23-12-20(27)15-29-24(23)31-9-7-30(8-10-31)21-5-6-26(13-21)17-32(18-26)25(33)35-4-2/h11-12,14-16,21H,3-10,13,17-18H2,1-2H3/t21-/m1/s1. The Morgan fingerprint density at radius 2 is 1.91 bits per heavy atom. The normalized spacial score (nSPS) is 21.7. The number of ether oxygens (including phenoxy) is 2. The molecule has 188 valence electrons. The molecule has 1 saturated carbocycles. The van der Waals surface area contributed by atoms with Crippen LogP contribution in [0.15, 0.2) is 30.7 Å². The van der Waals surface area contributed by atoms with Gasteiger partial charge in [0.25, 0.3) is 0 Å². The van der Waals surface area contributed by atoms with Gasteiger partial charge in [0.15, 0.2) is 0 Å². The van der Waals surface area contributed by atoms with Crippen LogP contribution in [0.5, 0.6) is 5.75 Å². The van der Waals surface area contributed by atoms with Crippen LogP contribution in [0.2, 0.25) is 0 Å². The third-order valence-electron chi connectivity index (χ3n) is 7.55. The van der Waals surface area contributed by atoms with E-state index in [1.54, 1.807) is 12.4 Å². The maximum Gasteiger partial charge on any atom is 0.409 e. The third kappa shape index (κ3) is 4.91. The lowest BCUT2D eigenvalue weighted by atomic mass is 9.78. The number of nitrogens with zero attached hydrogens (tertiary/aromatic N) is 5. The number of hydrogen-bond donors (Lipinski definition) is 0. The van der Waals surface area contributed by atoms with Crippen molar-refractivity contribution in [2.75, 3.05) is 57.4 Å². The van der Waals surface area contributed by atoms with Crippen LogP contribution in [0, 0.1) is 11.2 Å². The van der Waals surface area contributed by atoms with Gasteiger partial charge in [-0.15, -0.1) is 0 Å². The summed E-state index contributed by atoms with van der Waals surface area (Å²) in [7, 11) is 0. The number of piperazine rings is 1. The second-order valence-electron chi connectivity index (χ2n) is 9.84. The lowest BCUT2D eigenvalue weighted by Gasteiger charge is -2.48. The van der Waals surface area contributed by atoms with E-state index in [-0.39, 0.29) is 17.3 Å². The van der Waals surface area contributed by atoms with Gasteiger partial charge in [0.1, 0.15) is 17.4 Å². The molecule has 2 aromatic heterocycles. The fraction of sp³-hybridized carbons (Fsp3) is 0.577. The van der Waals surface area contributed by atoms with Gasteiger partial charge in [-0.3, -0.25) is 9.88 Å². The molecule has 0 radical (unpaired) electrons. The number of likely N-dealkylation sites (tertiary alicyclic amines) is 1. The highest BCUT2D eigenvalue weighted by molar-refractivity contribution is 5.76. The fourth-order valence-electron chi connectivity index (χ4n) is 5.89. The van der Waals surface area contributed by atoms with Gasteiger partial charge in [-0.05, 0) is 45.2 Å². The third-order valence-corrected chi connectivity index (χ3v) is 7.55. The van der Waals surface area contributed by atoms with Gasteiger partial charge in [-0.2, -0.15) is 0 Å². The van der Waals surface area contributed by atoms with Crippen molar-refractivity contribution in [1.29, 1.82) is 0 Å². The van der Waals surface area contributed by atoms with Crippen LogP contribution in [0.1, 0.15) is 33.1 Å². The summed E-state index contributed by atoms with van der Waals surface area (Å²) >= 11 is 0. The highest BCUT2D eigenvalue weighted by atomic mass is 19.1. The number of hydrogen-bond acceptors (Lipinski definition) is 7. The Hall–Kier alpha value is -2.94. The summed E-state index contributed by atoms with van der Waals surface area (Å²) in [6.45, 7) is 9.94. The second-order valence-corrected chi connectivity index (χ2v) is 9.84. The highest BCUT2D eigenvalue weighted by Gasteiger charge is 2.51. The summed E-state index contributed by atoms with van der Waals surface area (Å²) in [6.07, 6.45) is 7.99. The van der Waals surface area contributed by atoms with Gasteiger partial charge in [-0.1, -0.05) is 0 Å². The number of carbonyl (C=O) groups is 1. The average molecular weight is 484 g/mol. The molecule has 8 nitrogen and oxygen atoms in total. The number of amides is 1. The minimum absolute atomic E-state index is 0.181. The molecular formula is C26H34FN5O3. The maximum absolute atomic E-state index is 14.2. The number of pyridine rings is 2. The Labute approximate surface area is 206 Å². The van der Waals surface area contributed by atoms with Crippen LogP contribution >= 0.6 is 0 Å². The van der Waals surface area contributed by atoms with E-state index in [0.29, 0.717) is 25.0 Å². The fourth-order valence-corrected chi connectivity index (χ4v) is 5.89. The largest absolute Gasteiger partial charge is 0.492 e. The summed E-state index contributed by atoms with van der Waals surface area (Å²) in [5.74, 6) is 1.09. The zero-order valence-corrected chi connectivity index (χ0v) is 20.6. The molecule has 0 bridgehead atoms. The van der Waals surface area contributed by atoms with Gasteiger partial charge in [0, 0.05) is 68.0 Å². The second kappa shape index (κ2) is 9.97. The van der Waals surface area contributed by atoms with Gasteiger partial charge >= 0.3 is 6.09 Å². The zero-order valence-electron chi connectivity index (χ0n) is 20.6. The molecule has 35 heavy (non-hydrogen) atoms. The predicted octanol–water partition coefficient (Wildman–Crippen LogP) is 3.81. The van der Waals surface area contributed by atoms with Crippen LogP contribution in [0.3, 0.4) is 0 Å². The van der Waals surface area contributed by atoms with Crippen molar-refractivity contribution in [2.24, 2.45) is 5.41 Å². The lowest BCUT2D eigenvalue weighted by molar-refractivity contribution is -0.00294. The van der Waals surface area contributed by atoms with Crippen LogP contribution in [-0.4, -0.2) is 84.4 Å². The number of aromatic nitrogens is 2. The molecule has 0 unspecified atom stereocenters. The van der Waals surface area contributed by atoms with E-state index >= 15 is 0 Å². The highest BCUT2D eigenvalue weighted by Crippen LogP contribution is 2.47. The van der Waals surface area contributed by atoms with Crippen LogP contribution in [0.4, 0.5) is 15.0 Å². The minimum Gasteiger partial charge on any atom is -0.492 e. The van der Waals surface area contributed by atoms with E-state index in [9.17, 15) is 9.18 Å². The number of carbonyl (C=O) groups excluding carboxylic acids is 1. The summed E-state index contributed by atoms with van der Waals surface area (Å²) in [6, 6.07) is 3.98. The van der Waals surface area contributed by atoms with Gasteiger partial charge < -0.3 is 19.3 Å². The van der Waals surface area contributed by atoms with E-state index in [2.05, 4.69) is 19.8 Å². The van der Waals surface area contributed by atoms with E-state index in [1.165, 1.54) is 25.1 Å². The Kier molecular flexibility index (Phi) is 6.77. The van der Waals surface area contributed by atoms with Crippen LogP contribution < -0.4 is 9.64 Å². The Morgan fingerprint density at radius 3 is 2.66 bits per heavy atom. The summed E-state index contributed by atoms with van der Waals surface area (Å²) < 4.78 is 24.9. The minimum atomic E-state index is -0.363. The molecule has 1 spiro atoms. The van der Waals surface area contributed by atoms with Crippen molar-refractivity contribution in [3.8, 4) is 16.9 Å². The van der Waals surface area contributed by atoms with Crippen molar-refractivity contribution in [1.82, 2.24) is 19.8 Å². The van der Waals surface area contributed by atoms with Gasteiger partial charge in [-0.25, -0.2) is 14.2 Å². The van der Waals surface area contributed by atoms with Crippen LogP contribution in [0.25, 0.3) is 11.1 Å². The molecule has 2 aromatic rings. The van der Waals surface area contributed by atoms with Crippen molar-refractivity contribution < 1.29 is 18.7 Å². The number of anilines is 1. The quantitative estimate of drug-likeness (QED) is 0.619. The molecule has 3 aliphatic rings. The Balaban J connectivity index is 1.22. The van der Waals surface area contributed by atoms with E-state index in [4.69, 9.17) is 9.47 Å². The molecule has 5 rings (SSSR count). The van der Waals surface area contributed by atoms with Gasteiger partial charge in [0.2, 0.25) is 0 Å². The Bertz CT molecular complexity index is 1050. The number of rotatable bonds is 6. The first-order valence-electron chi connectivity index (χ1n) is 12.6. The molecule has 1 atom stereocenters. The topological polar surface area (TPSA) is 71.0 Å².